The minimum atomic E-state index is 1.10. The van der Waals surface area contributed by atoms with Crippen molar-refractivity contribution in [3.63, 3.8) is 0 Å². The molecule has 0 amide bonds. The number of fused-ring (bicyclic) bond motifs is 1. The van der Waals surface area contributed by atoms with Crippen LogP contribution in [0.1, 0.15) is 24.0 Å². The second kappa shape index (κ2) is 3.05. The van der Waals surface area contributed by atoms with Gasteiger partial charge in [-0.1, -0.05) is 0 Å². The number of hydrogen-bond acceptors (Lipinski definition) is 2. The maximum atomic E-state index is 4.03. The monoisotopic (exact) mass is 260 g/mol. The SMILES string of the molecule is Ic1nncc2c1CCCC2. The Bertz CT molecular complexity index is 273. The van der Waals surface area contributed by atoms with Crippen LogP contribution < -0.4 is 0 Å². The van der Waals surface area contributed by atoms with Crippen molar-refractivity contribution < 1.29 is 0 Å². The lowest BCUT2D eigenvalue weighted by Gasteiger charge is -2.14. The number of halogens is 1. The lowest BCUT2D eigenvalue weighted by Crippen LogP contribution is -2.07. The van der Waals surface area contributed by atoms with Crippen molar-refractivity contribution in [3.8, 4) is 0 Å². The second-order valence-corrected chi connectivity index (χ2v) is 3.87. The first-order valence-electron chi connectivity index (χ1n) is 3.87. The number of nitrogens with zero attached hydrogens (tertiary/aromatic N) is 2. The lowest BCUT2D eigenvalue weighted by molar-refractivity contribution is 0.669. The fraction of sp³-hybridized carbons (Fsp3) is 0.500. The minimum absolute atomic E-state index is 1.10. The third-order valence-electron chi connectivity index (χ3n) is 2.12. The Balaban J connectivity index is 2.49. The standard InChI is InChI=1S/C8H9IN2/c9-8-7-4-2-1-3-6(7)5-10-11-8/h5H,1-4H2. The summed E-state index contributed by atoms with van der Waals surface area (Å²) >= 11 is 2.27. The van der Waals surface area contributed by atoms with Crippen molar-refractivity contribution in [1.29, 1.82) is 0 Å². The van der Waals surface area contributed by atoms with Gasteiger partial charge in [0.05, 0.1) is 6.20 Å². The topological polar surface area (TPSA) is 25.8 Å². The molecule has 58 valence electrons. The van der Waals surface area contributed by atoms with E-state index in [1.807, 2.05) is 6.20 Å². The smallest absolute Gasteiger partial charge is 0.127 e. The van der Waals surface area contributed by atoms with Gasteiger partial charge in [-0.3, -0.25) is 0 Å². The summed E-state index contributed by atoms with van der Waals surface area (Å²) in [5.74, 6) is 0. The summed E-state index contributed by atoms with van der Waals surface area (Å²) in [5.41, 5.74) is 2.85. The number of aryl methyl sites for hydroxylation is 1. The Morgan fingerprint density at radius 1 is 1.27 bits per heavy atom. The van der Waals surface area contributed by atoms with Crippen LogP contribution in [0.3, 0.4) is 0 Å². The van der Waals surface area contributed by atoms with Gasteiger partial charge in [-0.05, 0) is 59.4 Å². The number of aromatic nitrogens is 2. The predicted molar refractivity (Wildman–Crippen MR) is 51.4 cm³/mol. The van der Waals surface area contributed by atoms with E-state index in [-0.39, 0.29) is 0 Å². The maximum Gasteiger partial charge on any atom is 0.127 e. The summed E-state index contributed by atoms with van der Waals surface area (Å²) in [6.45, 7) is 0. The molecule has 11 heavy (non-hydrogen) atoms. The Labute approximate surface area is 79.6 Å². The van der Waals surface area contributed by atoms with Crippen molar-refractivity contribution >= 4 is 22.6 Å². The van der Waals surface area contributed by atoms with Crippen molar-refractivity contribution in [2.24, 2.45) is 0 Å². The fourth-order valence-electron chi connectivity index (χ4n) is 1.52. The van der Waals surface area contributed by atoms with E-state index in [0.717, 1.165) is 3.70 Å². The largest absolute Gasteiger partial charge is 0.158 e. The van der Waals surface area contributed by atoms with E-state index in [4.69, 9.17) is 0 Å². The van der Waals surface area contributed by atoms with Gasteiger partial charge in [-0.25, -0.2) is 0 Å². The molecule has 0 radical (unpaired) electrons. The molecule has 1 heterocycles. The zero-order chi connectivity index (χ0) is 7.68. The van der Waals surface area contributed by atoms with E-state index in [9.17, 15) is 0 Å². The first kappa shape index (κ1) is 7.46. The zero-order valence-electron chi connectivity index (χ0n) is 6.18. The van der Waals surface area contributed by atoms with Crippen LogP contribution >= 0.6 is 22.6 Å². The number of hydrogen-bond donors (Lipinski definition) is 0. The van der Waals surface area contributed by atoms with Crippen LogP contribution in [0.5, 0.6) is 0 Å². The molecule has 0 spiro atoms. The molecule has 0 saturated heterocycles. The maximum absolute atomic E-state index is 4.03. The summed E-state index contributed by atoms with van der Waals surface area (Å²) in [5, 5.41) is 7.97. The number of rotatable bonds is 0. The lowest BCUT2D eigenvalue weighted by atomic mass is 9.95. The molecule has 0 aromatic carbocycles. The van der Waals surface area contributed by atoms with Gasteiger partial charge in [0.15, 0.2) is 0 Å². The van der Waals surface area contributed by atoms with Gasteiger partial charge in [0.1, 0.15) is 3.70 Å². The van der Waals surface area contributed by atoms with Crippen LogP contribution in [0.2, 0.25) is 0 Å². The molecule has 0 unspecified atom stereocenters. The third-order valence-corrected chi connectivity index (χ3v) is 2.99. The van der Waals surface area contributed by atoms with E-state index >= 15 is 0 Å². The highest BCUT2D eigenvalue weighted by atomic mass is 127. The molecule has 2 nitrogen and oxygen atoms in total. The Hall–Kier alpha value is -0.190. The van der Waals surface area contributed by atoms with Crippen molar-refractivity contribution in [1.82, 2.24) is 10.2 Å². The van der Waals surface area contributed by atoms with Gasteiger partial charge >= 0.3 is 0 Å². The molecule has 1 aliphatic rings. The molecule has 2 rings (SSSR count). The van der Waals surface area contributed by atoms with Crippen LogP contribution in [0.25, 0.3) is 0 Å². The van der Waals surface area contributed by atoms with Gasteiger partial charge in [-0.2, -0.15) is 5.10 Å². The van der Waals surface area contributed by atoms with Crippen molar-refractivity contribution in [2.45, 2.75) is 25.7 Å². The molecule has 0 N–H and O–H groups in total. The molecule has 1 aromatic rings. The summed E-state index contributed by atoms with van der Waals surface area (Å²) in [4.78, 5) is 0. The van der Waals surface area contributed by atoms with Crippen LogP contribution in [0.4, 0.5) is 0 Å². The van der Waals surface area contributed by atoms with E-state index in [1.165, 1.54) is 36.8 Å². The van der Waals surface area contributed by atoms with Crippen molar-refractivity contribution in [3.05, 3.63) is 21.0 Å². The quantitative estimate of drug-likeness (QED) is 0.666. The average molecular weight is 260 g/mol. The summed E-state index contributed by atoms with van der Waals surface area (Å²) in [7, 11) is 0. The molecule has 1 aromatic heterocycles. The molecule has 3 heteroatoms. The summed E-state index contributed by atoms with van der Waals surface area (Å²) in [6, 6.07) is 0. The highest BCUT2D eigenvalue weighted by Gasteiger charge is 2.12. The van der Waals surface area contributed by atoms with Gasteiger partial charge in [-0.15, -0.1) is 5.10 Å². The van der Waals surface area contributed by atoms with Crippen molar-refractivity contribution in [2.75, 3.05) is 0 Å². The van der Waals surface area contributed by atoms with E-state index < -0.39 is 0 Å². The minimum Gasteiger partial charge on any atom is -0.158 e. The van der Waals surface area contributed by atoms with Crippen LogP contribution in [0, 0.1) is 3.70 Å². The Morgan fingerprint density at radius 2 is 2.09 bits per heavy atom. The predicted octanol–water partition coefficient (Wildman–Crippen LogP) is 1.96. The first-order valence-corrected chi connectivity index (χ1v) is 4.95. The van der Waals surface area contributed by atoms with E-state index in [1.54, 1.807) is 0 Å². The van der Waals surface area contributed by atoms with Crippen LogP contribution in [-0.4, -0.2) is 10.2 Å². The molecular weight excluding hydrogens is 251 g/mol. The van der Waals surface area contributed by atoms with Gasteiger partial charge < -0.3 is 0 Å². The Morgan fingerprint density at radius 3 is 2.91 bits per heavy atom. The normalized spacial score (nSPS) is 16.1. The second-order valence-electron chi connectivity index (χ2n) is 2.85. The molecule has 0 fully saturated rings. The zero-order valence-corrected chi connectivity index (χ0v) is 8.34. The highest BCUT2D eigenvalue weighted by Crippen LogP contribution is 2.22. The van der Waals surface area contributed by atoms with E-state index in [0.29, 0.717) is 0 Å². The molecule has 0 atom stereocenters. The van der Waals surface area contributed by atoms with Gasteiger partial charge in [0.25, 0.3) is 0 Å². The summed E-state index contributed by atoms with van der Waals surface area (Å²) < 4.78 is 1.10. The highest BCUT2D eigenvalue weighted by molar-refractivity contribution is 14.1. The molecular formula is C8H9IN2. The molecule has 0 saturated carbocycles. The fourth-order valence-corrected chi connectivity index (χ4v) is 2.26. The van der Waals surface area contributed by atoms with Crippen LogP contribution in [-0.2, 0) is 12.8 Å². The van der Waals surface area contributed by atoms with E-state index in [2.05, 4.69) is 32.8 Å². The molecule has 0 aliphatic heterocycles. The first-order chi connectivity index (χ1) is 5.38. The van der Waals surface area contributed by atoms with Gasteiger partial charge in [0, 0.05) is 0 Å². The van der Waals surface area contributed by atoms with Gasteiger partial charge in [0.2, 0.25) is 0 Å². The van der Waals surface area contributed by atoms with Crippen LogP contribution in [0.15, 0.2) is 6.20 Å². The third kappa shape index (κ3) is 1.38. The average Bonchev–Trinajstić information content (AvgIpc) is 2.06. The molecule has 1 aliphatic carbocycles. The molecule has 0 bridgehead atoms. The summed E-state index contributed by atoms with van der Waals surface area (Å²) in [6.07, 6.45) is 6.93. The Kier molecular flexibility index (Phi) is 2.07.